The third-order valence-electron chi connectivity index (χ3n) is 13.0. The van der Waals surface area contributed by atoms with Crippen LogP contribution in [0.1, 0.15) is 25.7 Å². The van der Waals surface area contributed by atoms with E-state index in [2.05, 4.69) is 5.32 Å². The van der Waals surface area contributed by atoms with Gasteiger partial charge in [-0.2, -0.15) is 0 Å². The summed E-state index contributed by atoms with van der Waals surface area (Å²) in [6.45, 7) is 1.67. The average Bonchev–Trinajstić information content (AvgIpc) is 3.41. The van der Waals surface area contributed by atoms with Crippen LogP contribution in [0.3, 0.4) is 0 Å². The van der Waals surface area contributed by atoms with Crippen molar-refractivity contribution in [3.8, 4) is 17.2 Å². The maximum atomic E-state index is 13.5. The van der Waals surface area contributed by atoms with Crippen LogP contribution in [0, 0.1) is 56.9 Å². The van der Waals surface area contributed by atoms with E-state index in [0.717, 1.165) is 30.0 Å². The number of aliphatic carboxylic acids is 1. The molecule has 19 nitrogen and oxygen atoms in total. The van der Waals surface area contributed by atoms with Crippen LogP contribution in [-0.4, -0.2) is 107 Å². The molecular weight excluding hydrogens is 1010 g/mol. The highest BCUT2D eigenvalue weighted by molar-refractivity contribution is 6.00. The molecule has 0 saturated carbocycles. The van der Waals surface area contributed by atoms with E-state index >= 15 is 0 Å². The topological polar surface area (TPSA) is 231 Å². The Morgan fingerprint density at radius 2 is 0.974 bits per heavy atom. The van der Waals surface area contributed by atoms with Crippen LogP contribution in [0.25, 0.3) is 0 Å². The van der Waals surface area contributed by atoms with Gasteiger partial charge >= 0.3 is 5.97 Å². The predicted octanol–water partition coefficient (Wildman–Crippen LogP) is 7.29. The Bertz CT molecular complexity index is 3020. The van der Waals surface area contributed by atoms with Gasteiger partial charge in [-0.25, -0.2) is 26.3 Å². The molecule has 0 radical (unpaired) electrons. The van der Waals surface area contributed by atoms with E-state index in [1.54, 1.807) is 72.2 Å². The quantitative estimate of drug-likeness (QED) is 0.0499. The van der Waals surface area contributed by atoms with Crippen LogP contribution in [0.15, 0.2) is 78.9 Å². The number of nitrogens with two attached hydrogens (primary N) is 1. The second-order valence-electron chi connectivity index (χ2n) is 17.8. The van der Waals surface area contributed by atoms with Gasteiger partial charge < -0.3 is 54.9 Å². The largest absolute Gasteiger partial charge is 0.482 e. The van der Waals surface area contributed by atoms with Gasteiger partial charge in [0.25, 0.3) is 23.4 Å². The van der Waals surface area contributed by atoms with Crippen LogP contribution in [-0.2, 0) is 24.0 Å². The minimum absolute atomic E-state index is 0.0182. The van der Waals surface area contributed by atoms with Gasteiger partial charge in [0.15, 0.2) is 54.7 Å². The van der Waals surface area contributed by atoms with Gasteiger partial charge in [-0.1, -0.05) is 0 Å². The molecule has 2 fully saturated rings. The van der Waals surface area contributed by atoms with Crippen molar-refractivity contribution in [1.29, 1.82) is 0 Å². The number of hydrogen-bond donors (Lipinski definition) is 3. The van der Waals surface area contributed by atoms with Crippen molar-refractivity contribution >= 4 is 75.1 Å². The number of halogens is 6. The summed E-state index contributed by atoms with van der Waals surface area (Å²) in [4.78, 5) is 75.5. The molecule has 0 aromatic heterocycles. The predicted molar refractivity (Wildman–Crippen MR) is 266 cm³/mol. The van der Waals surface area contributed by atoms with Gasteiger partial charge in [-0.3, -0.25) is 34.1 Å². The lowest BCUT2D eigenvalue weighted by Gasteiger charge is -2.33. The first-order chi connectivity index (χ1) is 36.1. The second-order valence-corrected chi connectivity index (χ2v) is 17.8. The number of piperidine rings is 2. The maximum absolute atomic E-state index is 13.5. The van der Waals surface area contributed by atoms with Crippen molar-refractivity contribution in [1.82, 2.24) is 0 Å². The molecule has 5 aliphatic heterocycles. The zero-order chi connectivity index (χ0) is 55.1. The fourth-order valence-electron chi connectivity index (χ4n) is 8.49. The molecule has 4 amide bonds. The van der Waals surface area contributed by atoms with E-state index in [9.17, 15) is 60.4 Å². The number of carboxylic acids is 1. The first-order valence-electron chi connectivity index (χ1n) is 23.4. The summed E-state index contributed by atoms with van der Waals surface area (Å²) in [6.07, 6.45) is 1.80. The Hall–Kier alpha value is -8.77. The number of likely N-dealkylation sites (N-methyl/N-ethyl adjacent to an activating group) is 3. The first-order valence-corrected chi connectivity index (χ1v) is 23.4. The number of benzene rings is 5. The van der Waals surface area contributed by atoms with Crippen LogP contribution in [0.5, 0.6) is 17.2 Å². The molecule has 5 aromatic carbocycles. The Balaban J connectivity index is 0.000000157. The number of non-ortho nitro benzene ring substituents is 1. The summed E-state index contributed by atoms with van der Waals surface area (Å²) < 4.78 is 94.7. The van der Waals surface area contributed by atoms with Gasteiger partial charge in [-0.15, -0.1) is 0 Å². The average molecular weight is 1060 g/mol. The van der Waals surface area contributed by atoms with Crippen LogP contribution >= 0.6 is 0 Å². The zero-order valence-electron chi connectivity index (χ0n) is 41.0. The number of carbonyl (C=O) groups excluding carboxylic acids is 4. The standard InChI is InChI=1S/C21H20F3N3O3.C12H12F3NO2.C9H8N2O4.C9H10N2O2/c1-26-17-8-13(2-3-18(17)30-11-19(26)28)25-21(29)12-4-6-27(7-5-12)14-9-15(22)20(24)16(23)10-14;13-9-5-8(6-10(14)11(9)15)16-3-1-7(2-4-16)12(17)18;1-10-7-4-6(11(13)14)2-3-8(7)15-5-9(10)12;1-11-7-4-6(10)2-3-8(7)13-5-9(11)12/h2-3,8-10,12H,4-7,11H2,1H3,(H,25,29);5-7H,1-4H2,(H,17,18);2-4H,5H2,1H3;2-4H,5,10H2,1H3. The molecule has 76 heavy (non-hydrogen) atoms. The minimum Gasteiger partial charge on any atom is -0.482 e. The molecule has 0 atom stereocenters. The number of carboxylic acid groups (broad SMARTS) is 1. The number of nitro groups is 1. The Labute approximate surface area is 430 Å². The van der Waals surface area contributed by atoms with Crippen molar-refractivity contribution in [3.05, 3.63) is 124 Å². The van der Waals surface area contributed by atoms with Gasteiger partial charge in [0, 0.05) is 112 Å². The Morgan fingerprint density at radius 1 is 0.592 bits per heavy atom. The number of anilines is 7. The lowest BCUT2D eigenvalue weighted by atomic mass is 9.95. The van der Waals surface area contributed by atoms with Crippen molar-refractivity contribution in [2.45, 2.75) is 25.7 Å². The zero-order valence-corrected chi connectivity index (χ0v) is 41.0. The van der Waals surface area contributed by atoms with Crippen LogP contribution in [0.2, 0.25) is 0 Å². The number of amides is 4. The molecule has 5 heterocycles. The van der Waals surface area contributed by atoms with E-state index in [4.69, 9.17) is 25.1 Å². The first kappa shape index (κ1) is 55.0. The number of rotatable bonds is 6. The maximum Gasteiger partial charge on any atom is 0.306 e. The van der Waals surface area contributed by atoms with Gasteiger partial charge in [0.05, 0.1) is 27.9 Å². The van der Waals surface area contributed by atoms with E-state index < -0.39 is 51.7 Å². The van der Waals surface area contributed by atoms with Crippen LogP contribution < -0.4 is 49.8 Å². The molecule has 4 N–H and O–H groups in total. The fraction of sp³-hybridized carbons (Fsp3) is 0.314. The molecule has 5 aliphatic rings. The highest BCUT2D eigenvalue weighted by Gasteiger charge is 2.30. The second kappa shape index (κ2) is 23.6. The summed E-state index contributed by atoms with van der Waals surface area (Å²) in [5.41, 5.74) is 8.97. The molecule has 0 spiro atoms. The number of fused-ring (bicyclic) bond motifs is 3. The summed E-state index contributed by atoms with van der Waals surface area (Å²) in [5, 5.41) is 22.2. The molecule has 0 aliphatic carbocycles. The Kier molecular flexibility index (Phi) is 17.1. The summed E-state index contributed by atoms with van der Waals surface area (Å²) >= 11 is 0. The molecule has 25 heteroatoms. The number of nitrogens with one attached hydrogen (secondary N) is 1. The monoisotopic (exact) mass is 1060 g/mol. The number of nitrogen functional groups attached to an aromatic ring is 1. The molecule has 0 unspecified atom stereocenters. The fourth-order valence-corrected chi connectivity index (χ4v) is 8.49. The van der Waals surface area contributed by atoms with E-state index in [0.29, 0.717) is 91.9 Å². The number of hydrogen-bond acceptors (Lipinski definition) is 13. The highest BCUT2D eigenvalue weighted by Crippen LogP contribution is 2.37. The molecule has 0 bridgehead atoms. The normalized spacial score (nSPS) is 16.1. The summed E-state index contributed by atoms with van der Waals surface area (Å²) in [6, 6.07) is 18.3. The highest BCUT2D eigenvalue weighted by atomic mass is 19.2. The number of nitro benzene ring substituents is 1. The van der Waals surface area contributed by atoms with E-state index in [-0.39, 0.29) is 66.4 Å². The molecule has 402 valence electrons. The summed E-state index contributed by atoms with van der Waals surface area (Å²) in [7, 11) is 4.92. The molecule has 5 aromatic rings. The van der Waals surface area contributed by atoms with Crippen molar-refractivity contribution in [3.63, 3.8) is 0 Å². The summed E-state index contributed by atoms with van der Waals surface area (Å²) in [5.74, 6) is -8.31. The van der Waals surface area contributed by atoms with E-state index in [1.807, 2.05) is 0 Å². The number of ether oxygens (including phenoxy) is 3. The third-order valence-corrected chi connectivity index (χ3v) is 13.0. The van der Waals surface area contributed by atoms with Crippen LogP contribution in [0.4, 0.5) is 71.8 Å². The molecule has 10 rings (SSSR count). The smallest absolute Gasteiger partial charge is 0.306 e. The van der Waals surface area contributed by atoms with Gasteiger partial charge in [0.1, 0.15) is 17.2 Å². The van der Waals surface area contributed by atoms with Gasteiger partial charge in [0.2, 0.25) is 5.91 Å². The minimum atomic E-state index is -1.49. The lowest BCUT2D eigenvalue weighted by Crippen LogP contribution is -2.38. The van der Waals surface area contributed by atoms with Crippen molar-refractivity contribution < 1.29 is 74.6 Å². The molecular formula is C51H50F6N8O11. The van der Waals surface area contributed by atoms with Crippen molar-refractivity contribution in [2.75, 3.05) is 103 Å². The number of nitrogens with zero attached hydrogens (tertiary/aromatic N) is 6. The molecule has 2 saturated heterocycles. The SMILES string of the molecule is CN1C(=O)COc2ccc(N)cc21.CN1C(=O)COc2ccc(NC(=O)C3CCN(c4cc(F)c(F)c(F)c4)CC3)cc21.CN1C(=O)COc2ccc([N+](=O)[O-])cc21.O=C(O)C1CCN(c2cc(F)c(F)c(F)c2)CC1. The number of carbonyl (C=O) groups is 5. The van der Waals surface area contributed by atoms with Gasteiger partial charge in [-0.05, 0) is 68.1 Å². The third kappa shape index (κ3) is 12.8. The van der Waals surface area contributed by atoms with E-state index in [1.165, 1.54) is 28.0 Å². The lowest BCUT2D eigenvalue weighted by molar-refractivity contribution is -0.384. The van der Waals surface area contributed by atoms with Crippen molar-refractivity contribution in [2.24, 2.45) is 11.8 Å². The Morgan fingerprint density at radius 3 is 1.39 bits per heavy atom.